The van der Waals surface area contributed by atoms with Gasteiger partial charge in [0.25, 0.3) is 0 Å². The Morgan fingerprint density at radius 1 is 1.29 bits per heavy atom. The van der Waals surface area contributed by atoms with Gasteiger partial charge in [-0.25, -0.2) is 0 Å². The lowest BCUT2D eigenvalue weighted by Crippen LogP contribution is -2.27. The Balaban J connectivity index is 1.78. The zero-order valence-corrected chi connectivity index (χ0v) is 11.7. The van der Waals surface area contributed by atoms with Crippen molar-refractivity contribution in [1.82, 2.24) is 5.32 Å². The highest BCUT2D eigenvalue weighted by molar-refractivity contribution is 6.42. The van der Waals surface area contributed by atoms with Gasteiger partial charge in [-0.2, -0.15) is 0 Å². The minimum Gasteiger partial charge on any atom is -0.317 e. The van der Waals surface area contributed by atoms with E-state index in [1.165, 1.54) is 31.2 Å². The molecule has 0 heterocycles. The summed E-state index contributed by atoms with van der Waals surface area (Å²) in [5.74, 6) is 0.925. The van der Waals surface area contributed by atoms with E-state index in [0.29, 0.717) is 16.1 Å². The van der Waals surface area contributed by atoms with Gasteiger partial charge in [-0.1, -0.05) is 29.3 Å². The van der Waals surface area contributed by atoms with Gasteiger partial charge in [0, 0.05) is 6.04 Å². The van der Waals surface area contributed by atoms with E-state index in [0.717, 1.165) is 12.3 Å². The van der Waals surface area contributed by atoms with Crippen LogP contribution in [0.1, 0.15) is 31.2 Å². The minimum absolute atomic E-state index is 0.640. The number of nitrogens with one attached hydrogen (secondary N) is 1. The van der Waals surface area contributed by atoms with Crippen molar-refractivity contribution in [3.63, 3.8) is 0 Å². The molecule has 1 N–H and O–H groups in total. The van der Waals surface area contributed by atoms with Crippen molar-refractivity contribution in [3.05, 3.63) is 33.8 Å². The Morgan fingerprint density at radius 2 is 2.06 bits per heavy atom. The summed E-state index contributed by atoms with van der Waals surface area (Å²) < 4.78 is 0. The molecule has 1 aromatic carbocycles. The highest BCUT2D eigenvalue weighted by Gasteiger charge is 2.29. The SMILES string of the molecule is CNC(CCCc1ccc(Cl)c(Cl)c1)C1CC1. The molecule has 1 aliphatic rings. The Labute approximate surface area is 114 Å². The first kappa shape index (κ1) is 13.2. The van der Waals surface area contributed by atoms with Crippen molar-refractivity contribution >= 4 is 23.2 Å². The van der Waals surface area contributed by atoms with Crippen LogP contribution in [-0.2, 0) is 6.42 Å². The van der Waals surface area contributed by atoms with Gasteiger partial charge in [-0.3, -0.25) is 0 Å². The van der Waals surface area contributed by atoms with Gasteiger partial charge >= 0.3 is 0 Å². The fourth-order valence-electron chi connectivity index (χ4n) is 2.34. The van der Waals surface area contributed by atoms with Crippen molar-refractivity contribution in [2.75, 3.05) is 7.05 Å². The van der Waals surface area contributed by atoms with Crippen molar-refractivity contribution < 1.29 is 0 Å². The van der Waals surface area contributed by atoms with Gasteiger partial charge in [0.1, 0.15) is 0 Å². The van der Waals surface area contributed by atoms with Crippen LogP contribution in [0.3, 0.4) is 0 Å². The minimum atomic E-state index is 0.640. The summed E-state index contributed by atoms with van der Waals surface area (Å²) >= 11 is 11.9. The van der Waals surface area contributed by atoms with Crippen molar-refractivity contribution in [2.45, 2.75) is 38.1 Å². The zero-order valence-electron chi connectivity index (χ0n) is 10.2. The summed E-state index contributed by atoms with van der Waals surface area (Å²) in [5.41, 5.74) is 1.28. The third-order valence-corrected chi connectivity index (χ3v) is 4.27. The molecule has 1 fully saturated rings. The highest BCUT2D eigenvalue weighted by atomic mass is 35.5. The number of halogens is 2. The Kier molecular flexibility index (Phi) is 4.72. The lowest BCUT2D eigenvalue weighted by Gasteiger charge is -2.14. The first-order valence-electron chi connectivity index (χ1n) is 6.32. The highest BCUT2D eigenvalue weighted by Crippen LogP contribution is 2.34. The molecular formula is C14H19Cl2N. The standard InChI is InChI=1S/C14H19Cl2N/c1-17-14(11-6-7-11)4-2-3-10-5-8-12(15)13(16)9-10/h5,8-9,11,14,17H,2-4,6-7H2,1H3. The summed E-state index contributed by atoms with van der Waals surface area (Å²) in [4.78, 5) is 0. The Morgan fingerprint density at radius 3 is 2.65 bits per heavy atom. The van der Waals surface area contributed by atoms with Crippen LogP contribution in [0.5, 0.6) is 0 Å². The van der Waals surface area contributed by atoms with Crippen LogP contribution in [-0.4, -0.2) is 13.1 Å². The molecule has 0 amide bonds. The van der Waals surface area contributed by atoms with Crippen LogP contribution in [0, 0.1) is 5.92 Å². The molecule has 3 heteroatoms. The normalized spacial score (nSPS) is 17.1. The zero-order chi connectivity index (χ0) is 12.3. The summed E-state index contributed by atoms with van der Waals surface area (Å²) in [6.07, 6.45) is 6.35. The second-order valence-electron chi connectivity index (χ2n) is 4.87. The predicted molar refractivity (Wildman–Crippen MR) is 75.0 cm³/mol. The first-order chi connectivity index (χ1) is 8.20. The molecule has 0 aromatic heterocycles. The quantitative estimate of drug-likeness (QED) is 0.813. The third kappa shape index (κ3) is 3.87. The topological polar surface area (TPSA) is 12.0 Å². The van der Waals surface area contributed by atoms with Crippen molar-refractivity contribution in [3.8, 4) is 0 Å². The first-order valence-corrected chi connectivity index (χ1v) is 7.07. The largest absolute Gasteiger partial charge is 0.317 e. The van der Waals surface area contributed by atoms with Gasteiger partial charge in [0.05, 0.1) is 10.0 Å². The number of hydrogen-bond acceptors (Lipinski definition) is 1. The third-order valence-electron chi connectivity index (χ3n) is 3.53. The Hall–Kier alpha value is -0.240. The molecule has 2 rings (SSSR count). The number of aryl methyl sites for hydroxylation is 1. The molecule has 1 aromatic rings. The summed E-state index contributed by atoms with van der Waals surface area (Å²) in [5, 5.41) is 4.73. The average molecular weight is 272 g/mol. The van der Waals surface area contributed by atoms with E-state index in [4.69, 9.17) is 23.2 Å². The van der Waals surface area contributed by atoms with E-state index in [1.54, 1.807) is 0 Å². The molecule has 0 aliphatic heterocycles. The molecule has 1 atom stereocenters. The van der Waals surface area contributed by atoms with Gasteiger partial charge in [0.15, 0.2) is 0 Å². The Bertz CT molecular complexity index is 374. The monoisotopic (exact) mass is 271 g/mol. The van der Waals surface area contributed by atoms with E-state index in [-0.39, 0.29) is 0 Å². The number of hydrogen-bond donors (Lipinski definition) is 1. The molecular weight excluding hydrogens is 253 g/mol. The maximum absolute atomic E-state index is 6.00. The van der Waals surface area contributed by atoms with E-state index >= 15 is 0 Å². The van der Waals surface area contributed by atoms with Gasteiger partial charge in [0.2, 0.25) is 0 Å². The maximum atomic E-state index is 6.00. The van der Waals surface area contributed by atoms with E-state index in [9.17, 15) is 0 Å². The van der Waals surface area contributed by atoms with E-state index < -0.39 is 0 Å². The fourth-order valence-corrected chi connectivity index (χ4v) is 2.66. The van der Waals surface area contributed by atoms with Crippen LogP contribution in [0.4, 0.5) is 0 Å². The molecule has 1 aliphatic carbocycles. The number of rotatable bonds is 6. The van der Waals surface area contributed by atoms with Crippen LogP contribution in [0.2, 0.25) is 10.0 Å². The fraction of sp³-hybridized carbons (Fsp3) is 0.571. The van der Waals surface area contributed by atoms with Crippen molar-refractivity contribution in [2.24, 2.45) is 5.92 Å². The van der Waals surface area contributed by atoms with Crippen LogP contribution < -0.4 is 5.32 Å². The van der Waals surface area contributed by atoms with Gasteiger partial charge < -0.3 is 5.32 Å². The maximum Gasteiger partial charge on any atom is 0.0595 e. The predicted octanol–water partition coefficient (Wildman–Crippen LogP) is 4.31. The van der Waals surface area contributed by atoms with E-state index in [1.807, 2.05) is 12.1 Å². The smallest absolute Gasteiger partial charge is 0.0595 e. The molecule has 1 saturated carbocycles. The second kappa shape index (κ2) is 6.08. The van der Waals surface area contributed by atoms with Crippen LogP contribution in [0.25, 0.3) is 0 Å². The number of benzene rings is 1. The van der Waals surface area contributed by atoms with Crippen molar-refractivity contribution in [1.29, 1.82) is 0 Å². The second-order valence-corrected chi connectivity index (χ2v) is 5.69. The molecule has 94 valence electrons. The lowest BCUT2D eigenvalue weighted by molar-refractivity contribution is 0.456. The summed E-state index contributed by atoms with van der Waals surface area (Å²) in [7, 11) is 2.07. The van der Waals surface area contributed by atoms with Crippen LogP contribution >= 0.6 is 23.2 Å². The molecule has 0 radical (unpaired) electrons. The summed E-state index contributed by atoms with van der Waals surface area (Å²) in [6.45, 7) is 0. The van der Waals surface area contributed by atoms with Gasteiger partial charge in [-0.05, 0) is 62.8 Å². The van der Waals surface area contributed by atoms with Gasteiger partial charge in [-0.15, -0.1) is 0 Å². The lowest BCUT2D eigenvalue weighted by atomic mass is 10.0. The van der Waals surface area contributed by atoms with E-state index in [2.05, 4.69) is 18.4 Å². The molecule has 0 bridgehead atoms. The molecule has 0 spiro atoms. The van der Waals surface area contributed by atoms with Crippen LogP contribution in [0.15, 0.2) is 18.2 Å². The molecule has 1 unspecified atom stereocenters. The summed E-state index contributed by atoms with van der Waals surface area (Å²) in [6, 6.07) is 6.64. The average Bonchev–Trinajstić information content (AvgIpc) is 3.13. The molecule has 0 saturated heterocycles. The molecule has 17 heavy (non-hydrogen) atoms. The molecule has 1 nitrogen and oxygen atoms in total.